The third-order valence-corrected chi connectivity index (χ3v) is 2.60. The number of nitrogens with zero attached hydrogens (tertiary/aromatic N) is 2. The molecule has 0 bridgehead atoms. The number of pyridine rings is 1. The molecule has 0 aliphatic carbocycles. The van der Waals surface area contributed by atoms with Crippen LogP contribution in [0.25, 0.3) is 0 Å². The minimum Gasteiger partial charge on any atom is -0.370 e. The third kappa shape index (κ3) is 3.06. The Labute approximate surface area is 110 Å². The summed E-state index contributed by atoms with van der Waals surface area (Å²) in [6, 6.07) is 3.30. The Morgan fingerprint density at radius 3 is 2.58 bits per heavy atom. The molecule has 1 saturated heterocycles. The van der Waals surface area contributed by atoms with Gasteiger partial charge >= 0.3 is 0 Å². The molecule has 19 heavy (non-hydrogen) atoms. The Morgan fingerprint density at radius 2 is 2.05 bits per heavy atom. The molecule has 0 radical (unpaired) electrons. The number of anilines is 1. The molecule has 2 N–H and O–H groups in total. The number of rotatable bonds is 3. The number of aromatic nitrogens is 1. The summed E-state index contributed by atoms with van der Waals surface area (Å²) in [5.41, 5.74) is 0.351. The van der Waals surface area contributed by atoms with Gasteiger partial charge in [0.05, 0.1) is 5.56 Å². The fourth-order valence-electron chi connectivity index (χ4n) is 1.77. The van der Waals surface area contributed by atoms with Gasteiger partial charge in [0.1, 0.15) is 18.9 Å². The van der Waals surface area contributed by atoms with Gasteiger partial charge in [-0.05, 0) is 19.1 Å². The molecule has 0 aromatic carbocycles. The van der Waals surface area contributed by atoms with Crippen LogP contribution in [0.2, 0.25) is 0 Å². The van der Waals surface area contributed by atoms with E-state index in [1.54, 1.807) is 12.1 Å². The van der Waals surface area contributed by atoms with Crippen LogP contribution in [0.3, 0.4) is 0 Å². The molecule has 0 unspecified atom stereocenters. The van der Waals surface area contributed by atoms with E-state index in [2.05, 4.69) is 15.6 Å². The lowest BCUT2D eigenvalue weighted by Gasteiger charge is -2.25. The van der Waals surface area contributed by atoms with Gasteiger partial charge in [0.25, 0.3) is 5.91 Å². The molecule has 3 amide bonds. The van der Waals surface area contributed by atoms with Crippen molar-refractivity contribution in [2.24, 2.45) is 0 Å². The van der Waals surface area contributed by atoms with Gasteiger partial charge in [0.2, 0.25) is 11.8 Å². The molecule has 0 atom stereocenters. The number of carbonyl (C=O) groups is 3. The summed E-state index contributed by atoms with van der Waals surface area (Å²) in [6.45, 7) is 2.46. The molecule has 0 saturated carbocycles. The Balaban J connectivity index is 2.10. The normalized spacial score (nSPS) is 15.1. The monoisotopic (exact) mass is 262 g/mol. The van der Waals surface area contributed by atoms with Crippen LogP contribution < -0.4 is 10.6 Å². The molecule has 1 aliphatic heterocycles. The average Bonchev–Trinajstić information content (AvgIpc) is 2.38. The standard InChI is InChI=1S/C12H14N4O3/c1-2-13-9-4-3-8(5-14-9)12(19)16-6-10(17)15-11(18)7-16/h3-5H,2,6-7H2,1H3,(H,13,14)(H,15,17,18). The van der Waals surface area contributed by atoms with Crippen molar-refractivity contribution >= 4 is 23.5 Å². The van der Waals surface area contributed by atoms with E-state index in [4.69, 9.17) is 0 Å². The fourth-order valence-corrected chi connectivity index (χ4v) is 1.77. The number of amides is 3. The quantitative estimate of drug-likeness (QED) is 0.724. The van der Waals surface area contributed by atoms with Crippen LogP contribution in [0.4, 0.5) is 5.82 Å². The van der Waals surface area contributed by atoms with Crippen molar-refractivity contribution in [3.05, 3.63) is 23.9 Å². The summed E-state index contributed by atoms with van der Waals surface area (Å²) in [5, 5.41) is 5.16. The highest BCUT2D eigenvalue weighted by molar-refractivity contribution is 6.05. The van der Waals surface area contributed by atoms with E-state index in [1.165, 1.54) is 11.1 Å². The molecule has 2 rings (SSSR count). The number of hydrogen-bond acceptors (Lipinski definition) is 5. The van der Waals surface area contributed by atoms with Gasteiger partial charge in [0, 0.05) is 12.7 Å². The summed E-state index contributed by atoms with van der Waals surface area (Å²) in [4.78, 5) is 39.8. The van der Waals surface area contributed by atoms with Crippen molar-refractivity contribution in [1.82, 2.24) is 15.2 Å². The molecule has 0 spiro atoms. The Kier molecular flexibility index (Phi) is 3.74. The summed E-state index contributed by atoms with van der Waals surface area (Å²) < 4.78 is 0. The smallest absolute Gasteiger partial charge is 0.256 e. The van der Waals surface area contributed by atoms with Gasteiger partial charge in [-0.3, -0.25) is 19.7 Å². The van der Waals surface area contributed by atoms with Crippen molar-refractivity contribution in [2.75, 3.05) is 25.0 Å². The molecule has 2 heterocycles. The van der Waals surface area contributed by atoms with Gasteiger partial charge in [-0.2, -0.15) is 0 Å². The van der Waals surface area contributed by atoms with Crippen LogP contribution in [0.1, 0.15) is 17.3 Å². The molecule has 1 aromatic rings. The van der Waals surface area contributed by atoms with Crippen LogP contribution in [0, 0.1) is 0 Å². The highest BCUT2D eigenvalue weighted by atomic mass is 16.2. The van der Waals surface area contributed by atoms with E-state index in [0.717, 1.165) is 6.54 Å². The van der Waals surface area contributed by atoms with E-state index in [0.29, 0.717) is 11.4 Å². The molecule has 7 nitrogen and oxygen atoms in total. The van der Waals surface area contributed by atoms with Crippen molar-refractivity contribution in [1.29, 1.82) is 0 Å². The first-order valence-electron chi connectivity index (χ1n) is 5.92. The lowest BCUT2D eigenvalue weighted by molar-refractivity contribution is -0.135. The maximum Gasteiger partial charge on any atom is 0.256 e. The first-order chi connectivity index (χ1) is 9.10. The predicted octanol–water partition coefficient (Wildman–Crippen LogP) is -0.388. The molecule has 1 aliphatic rings. The topological polar surface area (TPSA) is 91.4 Å². The summed E-state index contributed by atoms with van der Waals surface area (Å²) in [6.07, 6.45) is 1.43. The Bertz CT molecular complexity index is 496. The highest BCUT2D eigenvalue weighted by Gasteiger charge is 2.27. The van der Waals surface area contributed by atoms with Gasteiger partial charge in [-0.25, -0.2) is 4.98 Å². The van der Waals surface area contributed by atoms with Crippen molar-refractivity contribution in [3.8, 4) is 0 Å². The van der Waals surface area contributed by atoms with Gasteiger partial charge in [-0.1, -0.05) is 0 Å². The molecule has 1 fully saturated rings. The third-order valence-electron chi connectivity index (χ3n) is 2.60. The predicted molar refractivity (Wildman–Crippen MR) is 67.5 cm³/mol. The number of nitrogens with one attached hydrogen (secondary N) is 2. The van der Waals surface area contributed by atoms with Crippen molar-refractivity contribution < 1.29 is 14.4 Å². The van der Waals surface area contributed by atoms with Crippen LogP contribution >= 0.6 is 0 Å². The zero-order chi connectivity index (χ0) is 13.8. The SMILES string of the molecule is CCNc1ccc(C(=O)N2CC(=O)NC(=O)C2)cn1. The minimum absolute atomic E-state index is 0.112. The fraction of sp³-hybridized carbons (Fsp3) is 0.333. The van der Waals surface area contributed by atoms with Crippen LogP contribution in [0.15, 0.2) is 18.3 Å². The average molecular weight is 262 g/mol. The lowest BCUT2D eigenvalue weighted by atomic mass is 10.2. The highest BCUT2D eigenvalue weighted by Crippen LogP contribution is 2.09. The molecular weight excluding hydrogens is 248 g/mol. The van der Waals surface area contributed by atoms with Crippen LogP contribution in [0.5, 0.6) is 0 Å². The van der Waals surface area contributed by atoms with Crippen molar-refractivity contribution in [2.45, 2.75) is 6.92 Å². The van der Waals surface area contributed by atoms with E-state index in [1.807, 2.05) is 6.92 Å². The van der Waals surface area contributed by atoms with E-state index in [9.17, 15) is 14.4 Å². The number of hydrogen-bond donors (Lipinski definition) is 2. The van der Waals surface area contributed by atoms with E-state index >= 15 is 0 Å². The van der Waals surface area contributed by atoms with Crippen LogP contribution in [-0.4, -0.2) is 47.2 Å². The first kappa shape index (κ1) is 13.0. The molecule has 1 aromatic heterocycles. The van der Waals surface area contributed by atoms with Crippen molar-refractivity contribution in [3.63, 3.8) is 0 Å². The Morgan fingerprint density at radius 1 is 1.37 bits per heavy atom. The second kappa shape index (κ2) is 5.47. The maximum atomic E-state index is 12.1. The largest absolute Gasteiger partial charge is 0.370 e. The lowest BCUT2D eigenvalue weighted by Crippen LogP contribution is -2.53. The zero-order valence-electron chi connectivity index (χ0n) is 10.5. The van der Waals surface area contributed by atoms with E-state index in [-0.39, 0.29) is 19.0 Å². The molecular formula is C12H14N4O3. The Hall–Kier alpha value is -2.44. The summed E-state index contributed by atoms with van der Waals surface area (Å²) in [7, 11) is 0. The molecule has 7 heteroatoms. The number of piperazine rings is 1. The van der Waals surface area contributed by atoms with Gasteiger partial charge in [-0.15, -0.1) is 0 Å². The minimum atomic E-state index is -0.471. The van der Waals surface area contributed by atoms with Gasteiger partial charge in [0.15, 0.2) is 0 Å². The van der Waals surface area contributed by atoms with Crippen LogP contribution in [-0.2, 0) is 9.59 Å². The number of imide groups is 1. The van der Waals surface area contributed by atoms with E-state index < -0.39 is 11.8 Å². The maximum absolute atomic E-state index is 12.1. The summed E-state index contributed by atoms with van der Waals surface area (Å²) in [5.74, 6) is -0.645. The molecule has 100 valence electrons. The zero-order valence-corrected chi connectivity index (χ0v) is 10.5. The summed E-state index contributed by atoms with van der Waals surface area (Å²) >= 11 is 0. The second-order valence-electron chi connectivity index (χ2n) is 4.10. The van der Waals surface area contributed by atoms with Gasteiger partial charge < -0.3 is 10.2 Å². The second-order valence-corrected chi connectivity index (χ2v) is 4.10. The first-order valence-corrected chi connectivity index (χ1v) is 5.92. The number of carbonyl (C=O) groups excluding carboxylic acids is 3.